The van der Waals surface area contributed by atoms with Crippen molar-refractivity contribution in [2.75, 3.05) is 0 Å². The minimum atomic E-state index is -4.49. The minimum absolute atomic E-state index is 0.175. The van der Waals surface area contributed by atoms with E-state index in [1.165, 1.54) is 6.07 Å². The highest BCUT2D eigenvalue weighted by molar-refractivity contribution is 5.58. The van der Waals surface area contributed by atoms with Crippen molar-refractivity contribution in [2.24, 2.45) is 5.41 Å². The third-order valence-corrected chi connectivity index (χ3v) is 4.76. The Kier molecular flexibility index (Phi) is 4.75. The molecule has 0 saturated heterocycles. The molecule has 1 aliphatic rings. The number of aromatic nitrogens is 3. The Hall–Kier alpha value is -2.05. The fraction of sp³-hybridized carbons (Fsp3) is 0.579. The molecule has 0 bridgehead atoms. The molecular weight excluding hydrogens is 343 g/mol. The van der Waals surface area contributed by atoms with Gasteiger partial charge < -0.3 is 4.57 Å². The summed E-state index contributed by atoms with van der Waals surface area (Å²) >= 11 is 0. The maximum Gasteiger partial charge on any atom is 0.433 e. The zero-order valence-corrected chi connectivity index (χ0v) is 15.3. The van der Waals surface area contributed by atoms with E-state index in [-0.39, 0.29) is 29.3 Å². The van der Waals surface area contributed by atoms with E-state index in [0.717, 1.165) is 36.4 Å². The van der Waals surface area contributed by atoms with Gasteiger partial charge in [-0.3, -0.25) is 9.48 Å². The number of pyridine rings is 1. The van der Waals surface area contributed by atoms with Crippen molar-refractivity contribution >= 4 is 0 Å². The lowest BCUT2D eigenvalue weighted by atomic mass is 9.88. The van der Waals surface area contributed by atoms with Crippen molar-refractivity contribution in [3.8, 4) is 11.3 Å². The van der Waals surface area contributed by atoms with Gasteiger partial charge >= 0.3 is 6.18 Å². The SMILES string of the molecule is CCCC(C)(C)Cn1nc(-c2ccn(C3CC3)c(=O)c2)cc1C(F)(F)F. The molecule has 142 valence electrons. The Labute approximate surface area is 150 Å². The Balaban J connectivity index is 1.98. The van der Waals surface area contributed by atoms with Gasteiger partial charge in [0.1, 0.15) is 5.69 Å². The Bertz CT molecular complexity index is 844. The molecule has 4 nitrogen and oxygen atoms in total. The summed E-state index contributed by atoms with van der Waals surface area (Å²) in [5.41, 5.74) is -0.662. The van der Waals surface area contributed by atoms with Crippen LogP contribution in [0.4, 0.5) is 13.2 Å². The van der Waals surface area contributed by atoms with Crippen molar-refractivity contribution in [2.45, 2.75) is 65.2 Å². The summed E-state index contributed by atoms with van der Waals surface area (Å²) < 4.78 is 43.1. The summed E-state index contributed by atoms with van der Waals surface area (Å²) in [6.07, 6.45) is 0.801. The second kappa shape index (κ2) is 6.59. The summed E-state index contributed by atoms with van der Waals surface area (Å²) in [7, 11) is 0. The number of nitrogens with zero attached hydrogens (tertiary/aromatic N) is 3. The molecule has 2 aromatic rings. The molecular formula is C19H24F3N3O. The maximum atomic E-state index is 13.5. The van der Waals surface area contributed by atoms with Crippen LogP contribution in [0.15, 0.2) is 29.2 Å². The van der Waals surface area contributed by atoms with Gasteiger partial charge in [-0.1, -0.05) is 27.2 Å². The van der Waals surface area contributed by atoms with Crippen molar-refractivity contribution in [3.63, 3.8) is 0 Å². The molecule has 0 radical (unpaired) electrons. The van der Waals surface area contributed by atoms with E-state index < -0.39 is 11.9 Å². The number of hydrogen-bond donors (Lipinski definition) is 0. The summed E-state index contributed by atoms with van der Waals surface area (Å²) in [5, 5.41) is 4.19. The summed E-state index contributed by atoms with van der Waals surface area (Å²) in [4.78, 5) is 12.2. The second-order valence-corrected chi connectivity index (χ2v) is 7.88. The Morgan fingerprint density at radius 3 is 2.46 bits per heavy atom. The summed E-state index contributed by atoms with van der Waals surface area (Å²) in [6.45, 7) is 6.06. The third-order valence-electron chi connectivity index (χ3n) is 4.76. The average Bonchev–Trinajstić information content (AvgIpc) is 3.26. The van der Waals surface area contributed by atoms with Gasteiger partial charge in [0.05, 0.1) is 5.69 Å². The van der Waals surface area contributed by atoms with Crippen LogP contribution in [0.1, 0.15) is 58.2 Å². The van der Waals surface area contributed by atoms with Crippen molar-refractivity contribution in [3.05, 3.63) is 40.4 Å². The van der Waals surface area contributed by atoms with Crippen LogP contribution in [-0.2, 0) is 12.7 Å². The van der Waals surface area contributed by atoms with Gasteiger partial charge in [-0.2, -0.15) is 18.3 Å². The topological polar surface area (TPSA) is 39.8 Å². The first-order valence-electron chi connectivity index (χ1n) is 8.98. The molecule has 26 heavy (non-hydrogen) atoms. The molecule has 1 fully saturated rings. The lowest BCUT2D eigenvalue weighted by Crippen LogP contribution is -2.24. The number of alkyl halides is 3. The minimum Gasteiger partial charge on any atom is -0.312 e. The van der Waals surface area contributed by atoms with E-state index in [1.807, 2.05) is 20.8 Å². The molecule has 1 aliphatic carbocycles. The molecule has 0 aromatic carbocycles. The first-order chi connectivity index (χ1) is 12.1. The van der Waals surface area contributed by atoms with Crippen LogP contribution in [0.5, 0.6) is 0 Å². The molecule has 0 atom stereocenters. The fourth-order valence-corrected chi connectivity index (χ4v) is 3.37. The molecule has 0 aliphatic heterocycles. The van der Waals surface area contributed by atoms with Gasteiger partial charge in [-0.05, 0) is 36.8 Å². The van der Waals surface area contributed by atoms with Crippen LogP contribution in [0.25, 0.3) is 11.3 Å². The monoisotopic (exact) mass is 367 g/mol. The van der Waals surface area contributed by atoms with Gasteiger partial charge in [0.2, 0.25) is 0 Å². The molecule has 2 aromatic heterocycles. The van der Waals surface area contributed by atoms with Crippen molar-refractivity contribution < 1.29 is 13.2 Å². The predicted octanol–water partition coefficient (Wildman–Crippen LogP) is 4.89. The first kappa shape index (κ1) is 18.7. The molecule has 1 saturated carbocycles. The van der Waals surface area contributed by atoms with Gasteiger partial charge in [0, 0.05) is 30.4 Å². The quantitative estimate of drug-likeness (QED) is 0.729. The van der Waals surface area contributed by atoms with Crippen molar-refractivity contribution in [1.29, 1.82) is 0 Å². The van der Waals surface area contributed by atoms with Crippen LogP contribution < -0.4 is 5.56 Å². The molecule has 0 unspecified atom stereocenters. The van der Waals surface area contributed by atoms with E-state index in [9.17, 15) is 18.0 Å². The van der Waals surface area contributed by atoms with Gasteiger partial charge in [0.15, 0.2) is 0 Å². The number of rotatable bonds is 6. The fourth-order valence-electron chi connectivity index (χ4n) is 3.37. The zero-order valence-electron chi connectivity index (χ0n) is 15.3. The molecule has 0 spiro atoms. The Morgan fingerprint density at radius 1 is 1.23 bits per heavy atom. The van der Waals surface area contributed by atoms with Gasteiger partial charge in [0.25, 0.3) is 5.56 Å². The van der Waals surface area contributed by atoms with E-state index >= 15 is 0 Å². The molecule has 3 rings (SSSR count). The number of halogens is 3. The maximum absolute atomic E-state index is 13.5. The van der Waals surface area contributed by atoms with Gasteiger partial charge in [-0.25, -0.2) is 0 Å². The summed E-state index contributed by atoms with van der Waals surface area (Å²) in [6, 6.07) is 4.32. The molecule has 0 amide bonds. The predicted molar refractivity (Wildman–Crippen MR) is 93.9 cm³/mol. The van der Waals surface area contributed by atoms with Crippen LogP contribution >= 0.6 is 0 Å². The molecule has 7 heteroatoms. The normalized spacial score (nSPS) is 15.5. The van der Waals surface area contributed by atoms with Gasteiger partial charge in [-0.15, -0.1) is 0 Å². The Morgan fingerprint density at radius 2 is 1.92 bits per heavy atom. The highest BCUT2D eigenvalue weighted by Gasteiger charge is 2.37. The molecule has 0 N–H and O–H groups in total. The summed E-state index contributed by atoms with van der Waals surface area (Å²) in [5.74, 6) is 0. The van der Waals surface area contributed by atoms with E-state index in [1.54, 1.807) is 16.8 Å². The largest absolute Gasteiger partial charge is 0.433 e. The smallest absolute Gasteiger partial charge is 0.312 e. The highest BCUT2D eigenvalue weighted by Crippen LogP contribution is 2.36. The lowest BCUT2D eigenvalue weighted by molar-refractivity contribution is -0.144. The second-order valence-electron chi connectivity index (χ2n) is 7.88. The van der Waals surface area contributed by atoms with Crippen LogP contribution in [0, 0.1) is 5.41 Å². The third kappa shape index (κ3) is 4.02. The highest BCUT2D eigenvalue weighted by atomic mass is 19.4. The zero-order chi connectivity index (χ0) is 19.1. The van der Waals surface area contributed by atoms with E-state index in [2.05, 4.69) is 5.10 Å². The number of hydrogen-bond acceptors (Lipinski definition) is 2. The standard InChI is InChI=1S/C19H24F3N3O/c1-4-8-18(2,3)12-25-16(19(20,21)22)11-15(23-25)13-7-9-24(14-5-6-14)17(26)10-13/h7,9-11,14H,4-6,8,12H2,1-3H3. The van der Waals surface area contributed by atoms with E-state index in [4.69, 9.17) is 0 Å². The average molecular weight is 367 g/mol. The van der Waals surface area contributed by atoms with Crippen molar-refractivity contribution in [1.82, 2.24) is 14.3 Å². The molecule has 2 heterocycles. The van der Waals surface area contributed by atoms with E-state index in [0.29, 0.717) is 5.56 Å². The van der Waals surface area contributed by atoms with Crippen LogP contribution in [0.2, 0.25) is 0 Å². The van der Waals surface area contributed by atoms with Crippen LogP contribution in [0.3, 0.4) is 0 Å². The lowest BCUT2D eigenvalue weighted by Gasteiger charge is -2.25. The van der Waals surface area contributed by atoms with Crippen LogP contribution in [-0.4, -0.2) is 14.3 Å². The first-order valence-corrected chi connectivity index (χ1v) is 8.98.